The molecular formula is C15H18N4O2. The van der Waals surface area contributed by atoms with Crippen LogP contribution in [0.3, 0.4) is 0 Å². The number of nitrogens with zero attached hydrogens (tertiary/aromatic N) is 3. The van der Waals surface area contributed by atoms with Crippen molar-refractivity contribution in [2.45, 2.75) is 19.1 Å². The minimum atomic E-state index is -0.411. The number of nitrogens with one attached hydrogen (secondary N) is 1. The molecule has 1 atom stereocenters. The molecule has 2 heterocycles. The lowest BCUT2D eigenvalue weighted by Gasteiger charge is -2.15. The zero-order chi connectivity index (χ0) is 14.7. The molecule has 2 N–H and O–H groups in total. The van der Waals surface area contributed by atoms with Crippen molar-refractivity contribution in [3.8, 4) is 0 Å². The molecule has 1 aromatic heterocycles. The lowest BCUT2D eigenvalue weighted by atomic mass is 10.2. The Labute approximate surface area is 123 Å². The van der Waals surface area contributed by atoms with E-state index in [-0.39, 0.29) is 6.03 Å². The van der Waals surface area contributed by atoms with Crippen molar-refractivity contribution >= 4 is 11.8 Å². The summed E-state index contributed by atoms with van der Waals surface area (Å²) >= 11 is 0. The molecular weight excluding hydrogens is 268 g/mol. The zero-order valence-corrected chi connectivity index (χ0v) is 11.6. The number of aliphatic hydroxyl groups is 1. The Balaban J connectivity index is 1.59. The van der Waals surface area contributed by atoms with Gasteiger partial charge in [0.05, 0.1) is 12.6 Å². The molecule has 0 unspecified atom stereocenters. The van der Waals surface area contributed by atoms with Crippen LogP contribution in [0, 0.1) is 0 Å². The summed E-state index contributed by atoms with van der Waals surface area (Å²) < 4.78 is 1.78. The van der Waals surface area contributed by atoms with Gasteiger partial charge in [0.1, 0.15) is 0 Å². The molecule has 2 aromatic rings. The number of rotatable bonds is 3. The third-order valence-corrected chi connectivity index (χ3v) is 3.51. The molecule has 1 aliphatic heterocycles. The van der Waals surface area contributed by atoms with Gasteiger partial charge in [-0.2, -0.15) is 5.10 Å². The van der Waals surface area contributed by atoms with Crippen LogP contribution in [0.15, 0.2) is 42.6 Å². The Bertz CT molecular complexity index is 611. The second kappa shape index (κ2) is 5.97. The van der Waals surface area contributed by atoms with Gasteiger partial charge in [0, 0.05) is 25.4 Å². The zero-order valence-electron chi connectivity index (χ0n) is 11.6. The maximum Gasteiger partial charge on any atom is 0.323 e. The number of aliphatic hydroxyl groups excluding tert-OH is 1. The summed E-state index contributed by atoms with van der Waals surface area (Å²) in [7, 11) is 0. The summed E-state index contributed by atoms with van der Waals surface area (Å²) in [6.07, 6.45) is 2.06. The van der Waals surface area contributed by atoms with E-state index in [0.717, 1.165) is 5.56 Å². The van der Waals surface area contributed by atoms with Gasteiger partial charge >= 0.3 is 6.03 Å². The van der Waals surface area contributed by atoms with Crippen LogP contribution in [0.25, 0.3) is 0 Å². The number of hydrogen-bond donors (Lipinski definition) is 2. The van der Waals surface area contributed by atoms with Crippen molar-refractivity contribution in [3.05, 3.63) is 48.2 Å². The van der Waals surface area contributed by atoms with Crippen LogP contribution in [-0.2, 0) is 6.54 Å². The second-order valence-electron chi connectivity index (χ2n) is 5.20. The molecule has 6 heteroatoms. The molecule has 21 heavy (non-hydrogen) atoms. The molecule has 1 saturated heterocycles. The highest BCUT2D eigenvalue weighted by Gasteiger charge is 2.24. The van der Waals surface area contributed by atoms with Crippen LogP contribution >= 0.6 is 0 Å². The first kappa shape index (κ1) is 13.6. The Kier molecular flexibility index (Phi) is 3.87. The summed E-state index contributed by atoms with van der Waals surface area (Å²) in [6, 6.07) is 11.6. The number of hydrogen-bond acceptors (Lipinski definition) is 3. The highest BCUT2D eigenvalue weighted by Crippen LogP contribution is 2.12. The van der Waals surface area contributed by atoms with E-state index in [0.29, 0.717) is 31.9 Å². The van der Waals surface area contributed by atoms with Crippen LogP contribution < -0.4 is 5.32 Å². The normalized spacial score (nSPS) is 18.0. The molecule has 1 aromatic carbocycles. The van der Waals surface area contributed by atoms with E-state index in [1.54, 1.807) is 15.6 Å². The van der Waals surface area contributed by atoms with Gasteiger partial charge in [-0.25, -0.2) is 4.79 Å². The largest absolute Gasteiger partial charge is 0.391 e. The van der Waals surface area contributed by atoms with Crippen molar-refractivity contribution in [2.75, 3.05) is 18.4 Å². The number of aromatic nitrogens is 2. The molecule has 2 amide bonds. The Morgan fingerprint density at radius 1 is 1.33 bits per heavy atom. The quantitative estimate of drug-likeness (QED) is 0.899. The van der Waals surface area contributed by atoms with E-state index in [9.17, 15) is 9.90 Å². The topological polar surface area (TPSA) is 70.4 Å². The van der Waals surface area contributed by atoms with Crippen molar-refractivity contribution in [3.63, 3.8) is 0 Å². The van der Waals surface area contributed by atoms with Crippen LogP contribution in [0.4, 0.5) is 10.6 Å². The number of carbonyl (C=O) groups is 1. The minimum absolute atomic E-state index is 0.212. The fourth-order valence-electron chi connectivity index (χ4n) is 2.40. The predicted octanol–water partition coefficient (Wildman–Crippen LogP) is 1.53. The third-order valence-electron chi connectivity index (χ3n) is 3.51. The summed E-state index contributed by atoms with van der Waals surface area (Å²) in [5.41, 5.74) is 1.15. The minimum Gasteiger partial charge on any atom is -0.391 e. The lowest BCUT2D eigenvalue weighted by Crippen LogP contribution is -2.33. The predicted molar refractivity (Wildman–Crippen MR) is 79.0 cm³/mol. The number of anilines is 1. The SMILES string of the molecule is O=C(Nc1ccn(Cc2ccccc2)n1)N1CC[C@H](O)C1. The van der Waals surface area contributed by atoms with Gasteiger partial charge in [0.25, 0.3) is 0 Å². The molecule has 0 radical (unpaired) electrons. The van der Waals surface area contributed by atoms with Crippen LogP contribution in [0.2, 0.25) is 0 Å². The van der Waals surface area contributed by atoms with Crippen molar-refractivity contribution in [2.24, 2.45) is 0 Å². The van der Waals surface area contributed by atoms with Gasteiger partial charge < -0.3 is 10.0 Å². The Morgan fingerprint density at radius 2 is 2.14 bits per heavy atom. The summed E-state index contributed by atoms with van der Waals surface area (Å²) in [4.78, 5) is 13.6. The van der Waals surface area contributed by atoms with Gasteiger partial charge in [-0.15, -0.1) is 0 Å². The Hall–Kier alpha value is -2.34. The molecule has 110 valence electrons. The average molecular weight is 286 g/mol. The second-order valence-corrected chi connectivity index (χ2v) is 5.20. The van der Waals surface area contributed by atoms with Gasteiger partial charge in [0.2, 0.25) is 0 Å². The van der Waals surface area contributed by atoms with Crippen LogP contribution in [0.1, 0.15) is 12.0 Å². The average Bonchev–Trinajstić information content (AvgIpc) is 3.09. The lowest BCUT2D eigenvalue weighted by molar-refractivity contribution is 0.176. The smallest absolute Gasteiger partial charge is 0.323 e. The molecule has 0 spiro atoms. The maximum atomic E-state index is 12.0. The van der Waals surface area contributed by atoms with Crippen LogP contribution in [-0.4, -0.2) is 45.0 Å². The molecule has 0 bridgehead atoms. The highest BCUT2D eigenvalue weighted by atomic mass is 16.3. The molecule has 3 rings (SSSR count). The highest BCUT2D eigenvalue weighted by molar-refractivity contribution is 5.88. The molecule has 1 aliphatic rings. The molecule has 0 aliphatic carbocycles. The summed E-state index contributed by atoms with van der Waals surface area (Å²) in [5.74, 6) is 0.525. The fourth-order valence-corrected chi connectivity index (χ4v) is 2.40. The van der Waals surface area contributed by atoms with E-state index < -0.39 is 6.10 Å². The number of likely N-dealkylation sites (tertiary alicyclic amines) is 1. The standard InChI is InChI=1S/C15H18N4O2/c20-13-6-8-18(11-13)15(21)16-14-7-9-19(17-14)10-12-4-2-1-3-5-12/h1-5,7,9,13,20H,6,8,10-11H2,(H,16,17,21)/t13-/m0/s1. The van der Waals surface area contributed by atoms with E-state index in [4.69, 9.17) is 0 Å². The van der Waals surface area contributed by atoms with E-state index in [1.165, 1.54) is 0 Å². The molecule has 6 nitrogen and oxygen atoms in total. The van der Waals surface area contributed by atoms with Crippen molar-refractivity contribution < 1.29 is 9.90 Å². The first-order chi connectivity index (χ1) is 10.2. The number of β-amino-alcohol motifs (C(OH)–C–C–N with tert-alkyl or cyclic N) is 1. The van der Waals surface area contributed by atoms with Crippen LogP contribution in [0.5, 0.6) is 0 Å². The molecule has 1 fully saturated rings. The van der Waals surface area contributed by atoms with Gasteiger partial charge in [-0.05, 0) is 12.0 Å². The first-order valence-corrected chi connectivity index (χ1v) is 7.02. The monoisotopic (exact) mass is 286 g/mol. The number of amides is 2. The van der Waals surface area contributed by atoms with E-state index in [1.807, 2.05) is 36.5 Å². The van der Waals surface area contributed by atoms with Gasteiger partial charge in [-0.1, -0.05) is 30.3 Å². The summed E-state index contributed by atoms with van der Waals surface area (Å²) in [6.45, 7) is 1.63. The fraction of sp³-hybridized carbons (Fsp3) is 0.333. The number of benzene rings is 1. The van der Waals surface area contributed by atoms with Gasteiger partial charge in [0.15, 0.2) is 5.82 Å². The molecule has 0 saturated carbocycles. The van der Waals surface area contributed by atoms with Crippen molar-refractivity contribution in [1.29, 1.82) is 0 Å². The van der Waals surface area contributed by atoms with E-state index >= 15 is 0 Å². The van der Waals surface area contributed by atoms with E-state index in [2.05, 4.69) is 10.4 Å². The van der Waals surface area contributed by atoms with Crippen molar-refractivity contribution in [1.82, 2.24) is 14.7 Å². The third kappa shape index (κ3) is 3.41. The Morgan fingerprint density at radius 3 is 2.86 bits per heavy atom. The maximum absolute atomic E-state index is 12.0. The summed E-state index contributed by atoms with van der Waals surface area (Å²) in [5, 5.41) is 16.5. The number of urea groups is 1. The van der Waals surface area contributed by atoms with Gasteiger partial charge in [-0.3, -0.25) is 10.00 Å². The first-order valence-electron chi connectivity index (χ1n) is 7.02. The number of carbonyl (C=O) groups excluding carboxylic acids is 1.